The zero-order chi connectivity index (χ0) is 15.5. The van der Waals surface area contributed by atoms with Crippen LogP contribution in [0.3, 0.4) is 0 Å². The molecule has 22 heavy (non-hydrogen) atoms. The lowest BCUT2D eigenvalue weighted by Gasteiger charge is -2.59. The molecule has 1 unspecified atom stereocenters. The van der Waals surface area contributed by atoms with Crippen LogP contribution in [0.2, 0.25) is 9.36 Å². The molecule has 4 aliphatic rings. The number of rotatable bonds is 3. The van der Waals surface area contributed by atoms with Crippen molar-refractivity contribution in [1.82, 2.24) is 9.69 Å². The Balaban J connectivity index is 1.51. The normalized spacial score (nSPS) is 37.3. The fraction of sp³-hybridized carbons (Fsp3) is 0.750. The van der Waals surface area contributed by atoms with Crippen molar-refractivity contribution < 1.29 is 4.79 Å². The SMILES string of the molecule is CC(NC(=O)c1nsc(Cl)c1Cl)C12CC3CC(CC(C3)C1)C2. The molecule has 4 fully saturated rings. The third-order valence-electron chi connectivity index (χ3n) is 6.16. The van der Waals surface area contributed by atoms with Crippen LogP contribution in [0.25, 0.3) is 0 Å². The summed E-state index contributed by atoms with van der Waals surface area (Å²) in [7, 11) is 0. The molecule has 4 aliphatic carbocycles. The van der Waals surface area contributed by atoms with Gasteiger partial charge in [-0.2, -0.15) is 4.37 Å². The highest BCUT2D eigenvalue weighted by atomic mass is 35.5. The molecule has 1 heterocycles. The number of hydrogen-bond donors (Lipinski definition) is 1. The molecule has 1 aromatic rings. The van der Waals surface area contributed by atoms with Crippen LogP contribution in [-0.2, 0) is 0 Å². The van der Waals surface area contributed by atoms with Gasteiger partial charge in [0.25, 0.3) is 5.91 Å². The topological polar surface area (TPSA) is 42.0 Å². The minimum Gasteiger partial charge on any atom is -0.348 e. The first-order valence-corrected chi connectivity index (χ1v) is 9.61. The maximum Gasteiger partial charge on any atom is 0.272 e. The lowest BCUT2D eigenvalue weighted by molar-refractivity contribution is -0.0688. The Morgan fingerprint density at radius 2 is 1.77 bits per heavy atom. The molecular formula is C16H20Cl2N2OS. The van der Waals surface area contributed by atoms with Crippen molar-refractivity contribution in [1.29, 1.82) is 0 Å². The van der Waals surface area contributed by atoms with Crippen molar-refractivity contribution in [2.24, 2.45) is 23.2 Å². The number of carbonyl (C=O) groups is 1. The third kappa shape index (κ3) is 2.38. The fourth-order valence-corrected chi connectivity index (χ4v) is 6.52. The molecule has 1 amide bonds. The van der Waals surface area contributed by atoms with E-state index in [1.807, 2.05) is 0 Å². The van der Waals surface area contributed by atoms with Crippen LogP contribution >= 0.6 is 34.7 Å². The van der Waals surface area contributed by atoms with Crippen LogP contribution in [0.15, 0.2) is 0 Å². The van der Waals surface area contributed by atoms with Crippen LogP contribution in [0.5, 0.6) is 0 Å². The average molecular weight is 359 g/mol. The zero-order valence-corrected chi connectivity index (χ0v) is 14.9. The smallest absolute Gasteiger partial charge is 0.272 e. The molecule has 4 saturated carbocycles. The molecular weight excluding hydrogens is 339 g/mol. The maximum absolute atomic E-state index is 12.5. The Morgan fingerprint density at radius 1 is 1.23 bits per heavy atom. The van der Waals surface area contributed by atoms with Crippen molar-refractivity contribution in [2.75, 3.05) is 0 Å². The van der Waals surface area contributed by atoms with Crippen LogP contribution < -0.4 is 5.32 Å². The first kappa shape index (κ1) is 15.2. The Labute approximate surface area is 144 Å². The van der Waals surface area contributed by atoms with Gasteiger partial charge in [-0.3, -0.25) is 4.79 Å². The minimum atomic E-state index is -0.184. The van der Waals surface area contributed by atoms with Crippen molar-refractivity contribution in [2.45, 2.75) is 51.5 Å². The van der Waals surface area contributed by atoms with Crippen molar-refractivity contribution >= 4 is 40.6 Å². The Hall–Kier alpha value is -0.320. The van der Waals surface area contributed by atoms with E-state index in [9.17, 15) is 4.79 Å². The van der Waals surface area contributed by atoms with Crippen molar-refractivity contribution in [3.05, 3.63) is 15.1 Å². The van der Waals surface area contributed by atoms with E-state index in [-0.39, 0.29) is 28.1 Å². The lowest BCUT2D eigenvalue weighted by Crippen LogP contribution is -2.55. The molecule has 5 rings (SSSR count). The number of nitrogens with one attached hydrogen (secondary N) is 1. The van der Waals surface area contributed by atoms with Crippen LogP contribution in [0, 0.1) is 23.2 Å². The van der Waals surface area contributed by atoms with Gasteiger partial charge in [-0.1, -0.05) is 23.2 Å². The van der Waals surface area contributed by atoms with E-state index in [1.165, 1.54) is 38.5 Å². The largest absolute Gasteiger partial charge is 0.348 e. The molecule has 0 saturated heterocycles. The molecule has 0 radical (unpaired) electrons. The lowest BCUT2D eigenvalue weighted by atomic mass is 9.48. The highest BCUT2D eigenvalue weighted by Crippen LogP contribution is 2.61. The van der Waals surface area contributed by atoms with Gasteiger partial charge in [0, 0.05) is 6.04 Å². The number of carbonyl (C=O) groups excluding carboxylic acids is 1. The number of halogens is 2. The molecule has 0 aromatic carbocycles. The second-order valence-corrected chi connectivity index (χ2v) is 9.35. The highest BCUT2D eigenvalue weighted by Gasteiger charge is 2.53. The van der Waals surface area contributed by atoms with Gasteiger partial charge in [0.2, 0.25) is 0 Å². The fourth-order valence-electron chi connectivity index (χ4n) is 5.53. The Bertz CT molecular complexity index is 580. The quantitative estimate of drug-likeness (QED) is 0.844. The summed E-state index contributed by atoms with van der Waals surface area (Å²) in [5.41, 5.74) is 0.560. The van der Waals surface area contributed by atoms with Gasteiger partial charge in [-0.05, 0) is 80.1 Å². The molecule has 120 valence electrons. The number of amides is 1. The number of nitrogens with zero attached hydrogens (tertiary/aromatic N) is 1. The summed E-state index contributed by atoms with van der Waals surface area (Å²) in [5.74, 6) is 2.45. The average Bonchev–Trinajstić information content (AvgIpc) is 2.77. The molecule has 6 heteroatoms. The molecule has 1 atom stereocenters. The van der Waals surface area contributed by atoms with E-state index in [2.05, 4.69) is 16.6 Å². The summed E-state index contributed by atoms with van der Waals surface area (Å²) in [6, 6.07) is 0.171. The highest BCUT2D eigenvalue weighted by molar-refractivity contribution is 7.11. The van der Waals surface area contributed by atoms with Gasteiger partial charge in [0.1, 0.15) is 9.36 Å². The number of hydrogen-bond acceptors (Lipinski definition) is 3. The summed E-state index contributed by atoms with van der Waals surface area (Å²) in [4.78, 5) is 12.5. The summed E-state index contributed by atoms with van der Waals surface area (Å²) in [6.45, 7) is 2.16. The predicted molar refractivity (Wildman–Crippen MR) is 89.7 cm³/mol. The van der Waals surface area contributed by atoms with Crippen LogP contribution in [-0.4, -0.2) is 16.3 Å². The molecule has 0 aliphatic heterocycles. The van der Waals surface area contributed by atoms with E-state index in [4.69, 9.17) is 23.2 Å². The van der Waals surface area contributed by atoms with Crippen molar-refractivity contribution in [3.8, 4) is 0 Å². The first-order chi connectivity index (χ1) is 10.5. The van der Waals surface area contributed by atoms with Crippen LogP contribution in [0.1, 0.15) is 55.9 Å². The van der Waals surface area contributed by atoms with Gasteiger partial charge in [-0.15, -0.1) is 0 Å². The number of aromatic nitrogens is 1. The van der Waals surface area contributed by atoms with E-state index in [1.54, 1.807) is 0 Å². The minimum absolute atomic E-state index is 0.171. The van der Waals surface area contributed by atoms with Crippen LogP contribution in [0.4, 0.5) is 0 Å². The third-order valence-corrected chi connectivity index (χ3v) is 7.78. The van der Waals surface area contributed by atoms with Gasteiger partial charge >= 0.3 is 0 Å². The van der Waals surface area contributed by atoms with E-state index in [0.29, 0.717) is 4.34 Å². The van der Waals surface area contributed by atoms with Gasteiger partial charge in [-0.25, -0.2) is 0 Å². The van der Waals surface area contributed by atoms with E-state index >= 15 is 0 Å². The zero-order valence-electron chi connectivity index (χ0n) is 12.6. The monoisotopic (exact) mass is 358 g/mol. The Kier molecular flexibility index (Phi) is 3.70. The summed E-state index contributed by atoms with van der Waals surface area (Å²) >= 11 is 13.0. The Morgan fingerprint density at radius 3 is 2.23 bits per heavy atom. The summed E-state index contributed by atoms with van der Waals surface area (Å²) < 4.78 is 4.46. The van der Waals surface area contributed by atoms with Gasteiger partial charge in [0.15, 0.2) is 5.69 Å². The second kappa shape index (κ2) is 5.35. The van der Waals surface area contributed by atoms with Crippen molar-refractivity contribution in [3.63, 3.8) is 0 Å². The first-order valence-electron chi connectivity index (χ1n) is 8.08. The predicted octanol–water partition coefficient (Wildman–Crippen LogP) is 4.78. The molecule has 4 bridgehead atoms. The van der Waals surface area contributed by atoms with Gasteiger partial charge < -0.3 is 5.32 Å². The summed E-state index contributed by atoms with van der Waals surface area (Å²) in [6.07, 6.45) is 8.04. The summed E-state index contributed by atoms with van der Waals surface area (Å²) in [5, 5.41) is 3.45. The molecule has 3 nitrogen and oxygen atoms in total. The molecule has 1 N–H and O–H groups in total. The molecule has 0 spiro atoms. The van der Waals surface area contributed by atoms with Gasteiger partial charge in [0.05, 0.1) is 0 Å². The molecule has 1 aromatic heterocycles. The van der Waals surface area contributed by atoms with E-state index < -0.39 is 0 Å². The standard InChI is InChI=1S/C16H20Cl2N2OS/c1-8(19-15(21)13-12(17)14(18)22-20-13)16-5-9-2-10(6-16)4-11(3-9)7-16/h8-11H,2-7H2,1H3,(H,19,21). The second-order valence-electron chi connectivity index (χ2n) is 7.59. The maximum atomic E-state index is 12.5. The van der Waals surface area contributed by atoms with E-state index in [0.717, 1.165) is 29.3 Å².